The quantitative estimate of drug-likeness (QED) is 0.180. The molecule has 0 bridgehead atoms. The molecule has 0 radical (unpaired) electrons. The van der Waals surface area contributed by atoms with E-state index in [1.807, 2.05) is 65.5 Å². The average Bonchev–Trinajstić information content (AvgIpc) is 2.92. The first-order valence-corrected chi connectivity index (χ1v) is 12.4. The van der Waals surface area contributed by atoms with Gasteiger partial charge in [-0.05, 0) is 42.5 Å². The van der Waals surface area contributed by atoms with Crippen LogP contribution < -0.4 is 10.4 Å². The van der Waals surface area contributed by atoms with Crippen molar-refractivity contribution in [2.24, 2.45) is 0 Å². The molecule has 2 amide bonds. The lowest BCUT2D eigenvalue weighted by Crippen LogP contribution is -2.49. The van der Waals surface area contributed by atoms with E-state index >= 15 is 0 Å². The van der Waals surface area contributed by atoms with Gasteiger partial charge in [-0.3, -0.25) is 14.8 Å². The van der Waals surface area contributed by atoms with Crippen molar-refractivity contribution < 1.29 is 14.8 Å². The summed E-state index contributed by atoms with van der Waals surface area (Å²) in [6.45, 7) is 4.22. The topological polar surface area (TPSA) is 98.7 Å². The monoisotopic (exact) mass is 489 g/mol. The lowest BCUT2D eigenvalue weighted by Gasteiger charge is -2.35. The maximum absolute atomic E-state index is 13.6. The predicted octanol–water partition coefficient (Wildman–Crippen LogP) is 3.52. The number of carbonyl (C=O) groups is 2. The van der Waals surface area contributed by atoms with Crippen molar-refractivity contribution in [2.75, 3.05) is 37.3 Å². The molecule has 3 aromatic rings. The fourth-order valence-electron chi connectivity index (χ4n) is 3.81. The van der Waals surface area contributed by atoms with E-state index in [4.69, 9.17) is 5.21 Å². The normalized spacial score (nSPS) is 14.1. The highest BCUT2D eigenvalue weighted by molar-refractivity contribution is 7.98. The SMILES string of the molecule is CSc1ccc(C=C(C(=O)N2CCN(c3ncc(C(=O)NO)cn3)CC2)c2ccc(C)cc2)cc1. The standard InChI is InChI=1S/C26H27N5O3S/c1-18-3-7-20(8-4-18)23(15-19-5-9-22(35-2)10-6-19)25(33)30-11-13-31(14-12-30)26-27-16-21(17-28-26)24(32)29-34/h3-10,15-17,34H,11-14H2,1-2H3,(H,29,32). The minimum absolute atomic E-state index is 0.0154. The van der Waals surface area contributed by atoms with Crippen LogP contribution in [-0.2, 0) is 4.79 Å². The molecule has 2 N–H and O–H groups in total. The van der Waals surface area contributed by atoms with Crippen LogP contribution in [-0.4, -0.2) is 64.3 Å². The molecule has 2 heterocycles. The number of hydrogen-bond donors (Lipinski definition) is 2. The first-order chi connectivity index (χ1) is 17.0. The number of hydroxylamine groups is 1. The van der Waals surface area contributed by atoms with Crippen LogP contribution in [0.3, 0.4) is 0 Å². The number of amides is 2. The van der Waals surface area contributed by atoms with E-state index in [2.05, 4.69) is 22.1 Å². The number of nitrogens with zero attached hydrogens (tertiary/aromatic N) is 4. The van der Waals surface area contributed by atoms with Crippen LogP contribution in [0.1, 0.15) is 27.0 Å². The fourth-order valence-corrected chi connectivity index (χ4v) is 4.22. The molecule has 2 aromatic carbocycles. The molecule has 4 rings (SSSR count). The maximum Gasteiger partial charge on any atom is 0.277 e. The second kappa shape index (κ2) is 11.2. The molecule has 35 heavy (non-hydrogen) atoms. The number of anilines is 1. The Kier molecular flexibility index (Phi) is 7.79. The third kappa shape index (κ3) is 5.87. The first-order valence-electron chi connectivity index (χ1n) is 11.2. The Morgan fingerprint density at radius 3 is 2.14 bits per heavy atom. The zero-order valence-electron chi connectivity index (χ0n) is 19.6. The van der Waals surface area contributed by atoms with Gasteiger partial charge in [-0.15, -0.1) is 11.8 Å². The zero-order valence-corrected chi connectivity index (χ0v) is 20.5. The van der Waals surface area contributed by atoms with Gasteiger partial charge in [0.25, 0.3) is 11.8 Å². The molecule has 0 unspecified atom stereocenters. The van der Waals surface area contributed by atoms with Crippen LogP contribution in [0.2, 0.25) is 0 Å². The van der Waals surface area contributed by atoms with Gasteiger partial charge < -0.3 is 9.80 Å². The Balaban J connectivity index is 1.51. The summed E-state index contributed by atoms with van der Waals surface area (Å²) in [5.74, 6) is -0.196. The predicted molar refractivity (Wildman–Crippen MR) is 137 cm³/mol. The number of carbonyl (C=O) groups excluding carboxylic acids is 2. The van der Waals surface area contributed by atoms with Gasteiger partial charge in [0.15, 0.2) is 0 Å². The second-order valence-electron chi connectivity index (χ2n) is 8.19. The van der Waals surface area contributed by atoms with Crippen molar-refractivity contribution in [3.8, 4) is 0 Å². The molecule has 1 aliphatic heterocycles. The largest absolute Gasteiger partial charge is 0.337 e. The summed E-state index contributed by atoms with van der Waals surface area (Å²) in [4.78, 5) is 38.6. The number of piperazine rings is 1. The van der Waals surface area contributed by atoms with E-state index in [1.54, 1.807) is 17.2 Å². The van der Waals surface area contributed by atoms with Crippen LogP contribution in [0.25, 0.3) is 11.6 Å². The summed E-state index contributed by atoms with van der Waals surface area (Å²) in [5.41, 5.74) is 5.40. The fraction of sp³-hybridized carbons (Fsp3) is 0.231. The Morgan fingerprint density at radius 2 is 1.57 bits per heavy atom. The minimum atomic E-state index is -0.662. The number of nitrogens with one attached hydrogen (secondary N) is 1. The molecular formula is C26H27N5O3S. The van der Waals surface area contributed by atoms with Crippen LogP contribution in [0.15, 0.2) is 65.8 Å². The Labute approximate surface area is 208 Å². The van der Waals surface area contributed by atoms with Crippen molar-refractivity contribution in [3.05, 3.63) is 83.2 Å². The van der Waals surface area contributed by atoms with Crippen LogP contribution in [0, 0.1) is 6.92 Å². The highest BCUT2D eigenvalue weighted by Crippen LogP contribution is 2.24. The summed E-state index contributed by atoms with van der Waals surface area (Å²) >= 11 is 1.68. The van der Waals surface area contributed by atoms with Crippen molar-refractivity contribution in [3.63, 3.8) is 0 Å². The van der Waals surface area contributed by atoms with Crippen molar-refractivity contribution >= 4 is 41.2 Å². The molecule has 0 atom stereocenters. The van der Waals surface area contributed by atoms with E-state index in [0.717, 1.165) is 16.7 Å². The van der Waals surface area contributed by atoms with Crippen molar-refractivity contribution in [1.82, 2.24) is 20.3 Å². The third-order valence-electron chi connectivity index (χ3n) is 5.87. The van der Waals surface area contributed by atoms with Gasteiger partial charge >= 0.3 is 0 Å². The number of rotatable bonds is 6. The summed E-state index contributed by atoms with van der Waals surface area (Å²) in [6.07, 6.45) is 6.73. The van der Waals surface area contributed by atoms with Crippen molar-refractivity contribution in [1.29, 1.82) is 0 Å². The minimum Gasteiger partial charge on any atom is -0.337 e. The molecule has 1 saturated heterocycles. The molecule has 1 aliphatic rings. The van der Waals surface area contributed by atoms with Crippen LogP contribution in [0.5, 0.6) is 0 Å². The Morgan fingerprint density at radius 1 is 0.943 bits per heavy atom. The summed E-state index contributed by atoms with van der Waals surface area (Å²) in [6, 6.07) is 16.2. The number of aryl methyl sites for hydroxylation is 1. The van der Waals surface area contributed by atoms with Gasteiger partial charge in [0.2, 0.25) is 5.95 Å². The van der Waals surface area contributed by atoms with Gasteiger partial charge in [-0.1, -0.05) is 42.0 Å². The first kappa shape index (κ1) is 24.4. The molecule has 8 nitrogen and oxygen atoms in total. The number of aromatic nitrogens is 2. The number of benzene rings is 2. The van der Waals surface area contributed by atoms with E-state index in [-0.39, 0.29) is 11.5 Å². The van der Waals surface area contributed by atoms with Crippen LogP contribution in [0.4, 0.5) is 5.95 Å². The van der Waals surface area contributed by atoms with Gasteiger partial charge in [0.1, 0.15) is 0 Å². The maximum atomic E-state index is 13.6. The number of thioether (sulfide) groups is 1. The van der Waals surface area contributed by atoms with E-state index in [0.29, 0.717) is 37.7 Å². The lowest BCUT2D eigenvalue weighted by atomic mass is 10.00. The summed E-state index contributed by atoms with van der Waals surface area (Å²) in [5, 5.41) is 8.74. The van der Waals surface area contributed by atoms with Gasteiger partial charge in [-0.2, -0.15) is 0 Å². The van der Waals surface area contributed by atoms with E-state index < -0.39 is 5.91 Å². The molecule has 1 fully saturated rings. The molecule has 9 heteroatoms. The summed E-state index contributed by atoms with van der Waals surface area (Å²) < 4.78 is 0. The highest BCUT2D eigenvalue weighted by Gasteiger charge is 2.25. The molecule has 180 valence electrons. The molecule has 0 aliphatic carbocycles. The summed E-state index contributed by atoms with van der Waals surface area (Å²) in [7, 11) is 0. The van der Waals surface area contributed by atoms with Crippen LogP contribution >= 0.6 is 11.8 Å². The molecule has 0 spiro atoms. The number of hydrogen-bond acceptors (Lipinski definition) is 7. The van der Waals surface area contributed by atoms with Crippen molar-refractivity contribution in [2.45, 2.75) is 11.8 Å². The molecule has 1 aromatic heterocycles. The zero-order chi connectivity index (χ0) is 24.8. The second-order valence-corrected chi connectivity index (χ2v) is 9.07. The van der Waals surface area contributed by atoms with Gasteiger partial charge in [-0.25, -0.2) is 15.4 Å². The van der Waals surface area contributed by atoms with Gasteiger partial charge in [0, 0.05) is 49.0 Å². The third-order valence-corrected chi connectivity index (χ3v) is 6.62. The Hall–Kier alpha value is -3.69. The lowest BCUT2D eigenvalue weighted by molar-refractivity contribution is -0.125. The highest BCUT2D eigenvalue weighted by atomic mass is 32.2. The van der Waals surface area contributed by atoms with Gasteiger partial charge in [0.05, 0.1) is 5.56 Å². The van der Waals surface area contributed by atoms with E-state index in [1.165, 1.54) is 17.3 Å². The molecule has 0 saturated carbocycles. The smallest absolute Gasteiger partial charge is 0.277 e. The Bertz CT molecular complexity index is 1200. The van der Waals surface area contributed by atoms with E-state index in [9.17, 15) is 9.59 Å². The molecular weight excluding hydrogens is 462 g/mol. The average molecular weight is 490 g/mol.